The first kappa shape index (κ1) is 14.3. The number of aromatic nitrogens is 7. The molecular formula is C16H15N7O. The second-order valence-corrected chi connectivity index (χ2v) is 5.42. The molecule has 1 N–H and O–H groups in total. The normalized spacial score (nSPS) is 11.2. The summed E-state index contributed by atoms with van der Waals surface area (Å²) in [7, 11) is 0. The highest BCUT2D eigenvalue weighted by atomic mass is 16.1. The third-order valence-corrected chi connectivity index (χ3v) is 3.97. The number of hydrogen-bond donors (Lipinski definition) is 1. The van der Waals surface area contributed by atoms with Gasteiger partial charge in [-0.25, -0.2) is 15.0 Å². The Morgan fingerprint density at radius 2 is 2.00 bits per heavy atom. The molecule has 4 rings (SSSR count). The Morgan fingerprint density at radius 1 is 1.21 bits per heavy atom. The Kier molecular flexibility index (Phi) is 3.23. The van der Waals surface area contributed by atoms with Gasteiger partial charge in [-0.15, -0.1) is 0 Å². The molecule has 120 valence electrons. The van der Waals surface area contributed by atoms with Crippen molar-refractivity contribution in [1.82, 2.24) is 34.1 Å². The van der Waals surface area contributed by atoms with E-state index in [2.05, 4.69) is 25.0 Å². The van der Waals surface area contributed by atoms with Crippen LogP contribution in [0.2, 0.25) is 0 Å². The Hall–Kier alpha value is -3.29. The van der Waals surface area contributed by atoms with Crippen molar-refractivity contribution in [3.8, 4) is 17.2 Å². The summed E-state index contributed by atoms with van der Waals surface area (Å²) in [5.74, 6) is 0.547. The minimum atomic E-state index is -0.0956. The molecule has 24 heavy (non-hydrogen) atoms. The van der Waals surface area contributed by atoms with E-state index >= 15 is 0 Å². The Balaban J connectivity index is 1.86. The fourth-order valence-electron chi connectivity index (χ4n) is 2.76. The van der Waals surface area contributed by atoms with Crippen LogP contribution in [-0.4, -0.2) is 34.1 Å². The summed E-state index contributed by atoms with van der Waals surface area (Å²) >= 11 is 0. The number of hydrogen-bond acceptors (Lipinski definition) is 5. The number of rotatable bonds is 3. The first-order valence-corrected chi connectivity index (χ1v) is 7.60. The lowest BCUT2D eigenvalue weighted by atomic mass is 10.2. The summed E-state index contributed by atoms with van der Waals surface area (Å²) in [4.78, 5) is 28.5. The van der Waals surface area contributed by atoms with Crippen LogP contribution in [0.15, 0.2) is 42.0 Å². The summed E-state index contributed by atoms with van der Waals surface area (Å²) in [6.07, 6.45) is 9.11. The average molecular weight is 321 g/mol. The van der Waals surface area contributed by atoms with Crippen molar-refractivity contribution in [3.63, 3.8) is 0 Å². The molecule has 0 aliphatic heterocycles. The maximum absolute atomic E-state index is 12.5. The van der Waals surface area contributed by atoms with Crippen molar-refractivity contribution in [3.05, 3.63) is 58.8 Å². The predicted molar refractivity (Wildman–Crippen MR) is 88.1 cm³/mol. The van der Waals surface area contributed by atoms with Gasteiger partial charge in [0.15, 0.2) is 11.5 Å². The monoisotopic (exact) mass is 321 g/mol. The molecule has 0 saturated carbocycles. The van der Waals surface area contributed by atoms with Gasteiger partial charge in [-0.05, 0) is 19.4 Å². The standard InChI is InChI=1S/C16H15N7O/c1-3-11-10(2)21-15-13(7-20-23(15)16(11)24)22-8-12(19-9-22)14-17-5-4-6-18-14/h4-9,21H,3H2,1-2H3. The Bertz CT molecular complexity index is 1070. The minimum absolute atomic E-state index is 0.0956. The third kappa shape index (κ3) is 2.11. The van der Waals surface area contributed by atoms with Crippen molar-refractivity contribution < 1.29 is 0 Å². The van der Waals surface area contributed by atoms with E-state index < -0.39 is 0 Å². The SMILES string of the molecule is CCc1c(C)[nH]c2c(-n3cnc(-c4ncccn4)c3)cnn2c1=O. The van der Waals surface area contributed by atoms with Gasteiger partial charge < -0.3 is 9.55 Å². The topological polar surface area (TPSA) is 93.8 Å². The van der Waals surface area contributed by atoms with Crippen molar-refractivity contribution >= 4 is 5.65 Å². The van der Waals surface area contributed by atoms with E-state index in [9.17, 15) is 4.79 Å². The van der Waals surface area contributed by atoms with Gasteiger partial charge in [0.1, 0.15) is 17.7 Å². The van der Waals surface area contributed by atoms with Crippen LogP contribution in [-0.2, 0) is 6.42 Å². The molecule has 4 heterocycles. The zero-order chi connectivity index (χ0) is 16.7. The lowest BCUT2D eigenvalue weighted by Crippen LogP contribution is -2.21. The van der Waals surface area contributed by atoms with E-state index in [0.29, 0.717) is 23.6 Å². The lowest BCUT2D eigenvalue weighted by Gasteiger charge is -2.05. The van der Waals surface area contributed by atoms with Crippen LogP contribution in [0.3, 0.4) is 0 Å². The maximum atomic E-state index is 12.5. The highest BCUT2D eigenvalue weighted by Gasteiger charge is 2.14. The summed E-state index contributed by atoms with van der Waals surface area (Å²) in [5.41, 5.74) is 3.52. The molecule has 0 spiro atoms. The first-order chi connectivity index (χ1) is 11.7. The maximum Gasteiger partial charge on any atom is 0.277 e. The molecule has 0 fully saturated rings. The van der Waals surface area contributed by atoms with Crippen molar-refractivity contribution in [2.45, 2.75) is 20.3 Å². The molecule has 0 atom stereocenters. The fraction of sp³-hybridized carbons (Fsp3) is 0.188. The average Bonchev–Trinajstić information content (AvgIpc) is 3.22. The number of nitrogens with one attached hydrogen (secondary N) is 1. The van der Waals surface area contributed by atoms with Crippen LogP contribution in [0.5, 0.6) is 0 Å². The molecule has 0 aliphatic carbocycles. The predicted octanol–water partition coefficient (Wildman–Crippen LogP) is 1.54. The van der Waals surface area contributed by atoms with Gasteiger partial charge in [0, 0.05) is 29.8 Å². The molecule has 8 nitrogen and oxygen atoms in total. The molecule has 8 heteroatoms. The van der Waals surface area contributed by atoms with Crippen molar-refractivity contribution in [1.29, 1.82) is 0 Å². The van der Waals surface area contributed by atoms with Crippen molar-refractivity contribution in [2.24, 2.45) is 0 Å². The zero-order valence-corrected chi connectivity index (χ0v) is 13.3. The highest BCUT2D eigenvalue weighted by Crippen LogP contribution is 2.18. The van der Waals surface area contributed by atoms with E-state index in [1.165, 1.54) is 4.52 Å². The molecule has 0 aromatic carbocycles. The number of aryl methyl sites for hydroxylation is 1. The van der Waals surface area contributed by atoms with Crippen LogP contribution in [0.4, 0.5) is 0 Å². The summed E-state index contributed by atoms with van der Waals surface area (Å²) in [5, 5.41) is 4.22. The molecule has 0 saturated heterocycles. The zero-order valence-electron chi connectivity index (χ0n) is 13.3. The number of imidazole rings is 1. The van der Waals surface area contributed by atoms with E-state index in [1.807, 2.05) is 20.0 Å². The fourth-order valence-corrected chi connectivity index (χ4v) is 2.76. The minimum Gasteiger partial charge on any atom is -0.342 e. The molecule has 0 bridgehead atoms. The number of H-pyrrole nitrogens is 1. The van der Waals surface area contributed by atoms with E-state index in [4.69, 9.17) is 0 Å². The molecule has 0 unspecified atom stereocenters. The lowest BCUT2D eigenvalue weighted by molar-refractivity contribution is 0.853. The molecule has 0 amide bonds. The van der Waals surface area contributed by atoms with Gasteiger partial charge in [0.05, 0.1) is 6.20 Å². The van der Waals surface area contributed by atoms with Gasteiger partial charge in [-0.3, -0.25) is 4.79 Å². The molecule has 4 aromatic heterocycles. The summed E-state index contributed by atoms with van der Waals surface area (Å²) in [6, 6.07) is 1.75. The van der Waals surface area contributed by atoms with Gasteiger partial charge in [-0.1, -0.05) is 6.92 Å². The Morgan fingerprint density at radius 3 is 2.75 bits per heavy atom. The second-order valence-electron chi connectivity index (χ2n) is 5.42. The molecule has 0 radical (unpaired) electrons. The Labute approximate surface area is 136 Å². The largest absolute Gasteiger partial charge is 0.342 e. The van der Waals surface area contributed by atoms with Gasteiger partial charge >= 0.3 is 0 Å². The van der Waals surface area contributed by atoms with Crippen LogP contribution in [0, 0.1) is 6.92 Å². The van der Waals surface area contributed by atoms with Gasteiger partial charge in [-0.2, -0.15) is 9.61 Å². The molecule has 4 aromatic rings. The highest BCUT2D eigenvalue weighted by molar-refractivity contribution is 5.60. The first-order valence-electron chi connectivity index (χ1n) is 7.60. The molecular weight excluding hydrogens is 306 g/mol. The number of aromatic amines is 1. The number of fused-ring (bicyclic) bond motifs is 1. The van der Waals surface area contributed by atoms with Gasteiger partial charge in [0.2, 0.25) is 0 Å². The van der Waals surface area contributed by atoms with Crippen LogP contribution >= 0.6 is 0 Å². The molecule has 0 aliphatic rings. The van der Waals surface area contributed by atoms with Crippen molar-refractivity contribution in [2.75, 3.05) is 0 Å². The van der Waals surface area contributed by atoms with Gasteiger partial charge in [0.25, 0.3) is 5.56 Å². The number of nitrogens with zero attached hydrogens (tertiary/aromatic N) is 6. The second kappa shape index (κ2) is 5.41. The summed E-state index contributed by atoms with van der Waals surface area (Å²) in [6.45, 7) is 3.85. The van der Waals surface area contributed by atoms with Crippen LogP contribution < -0.4 is 5.56 Å². The quantitative estimate of drug-likeness (QED) is 0.617. The van der Waals surface area contributed by atoms with Crippen LogP contribution in [0.25, 0.3) is 22.9 Å². The van der Waals surface area contributed by atoms with E-state index in [-0.39, 0.29) is 5.56 Å². The summed E-state index contributed by atoms with van der Waals surface area (Å²) < 4.78 is 3.19. The van der Waals surface area contributed by atoms with E-state index in [1.54, 1.807) is 35.6 Å². The third-order valence-electron chi connectivity index (χ3n) is 3.97. The van der Waals surface area contributed by atoms with Crippen LogP contribution in [0.1, 0.15) is 18.2 Å². The smallest absolute Gasteiger partial charge is 0.277 e. The van der Waals surface area contributed by atoms with E-state index in [0.717, 1.165) is 16.9 Å².